The minimum atomic E-state index is 0.484. The summed E-state index contributed by atoms with van der Waals surface area (Å²) in [5.74, 6) is 0. The molecule has 0 fully saturated rings. The van der Waals surface area contributed by atoms with Gasteiger partial charge < -0.3 is 4.79 Å². The second-order valence-electron chi connectivity index (χ2n) is 2.69. The van der Waals surface area contributed by atoms with Crippen LogP contribution in [0.15, 0.2) is 34.8 Å². The van der Waals surface area contributed by atoms with Gasteiger partial charge in [0.05, 0.1) is 0 Å². The van der Waals surface area contributed by atoms with E-state index in [9.17, 15) is 4.79 Å². The molecule has 0 aliphatic rings. The average Bonchev–Trinajstić information content (AvgIpc) is 2.16. The van der Waals surface area contributed by atoms with Crippen molar-refractivity contribution >= 4 is 27.8 Å². The third kappa shape index (κ3) is 2.81. The zero-order valence-corrected chi connectivity index (χ0v) is 9.04. The van der Waals surface area contributed by atoms with E-state index >= 15 is 0 Å². The highest BCUT2D eigenvalue weighted by Gasteiger charge is 1.98. The summed E-state index contributed by atoms with van der Waals surface area (Å²) in [4.78, 5) is 10.4. The number of benzene rings is 1. The van der Waals surface area contributed by atoms with Gasteiger partial charge in [0.15, 0.2) is 0 Å². The van der Waals surface area contributed by atoms with Gasteiger partial charge in [0.1, 0.15) is 6.29 Å². The minimum Gasteiger partial charge on any atom is -0.303 e. The molecule has 68 valence electrons. The second kappa shape index (κ2) is 4.97. The molecular weight excluding hydrogens is 228 g/mol. The predicted octanol–water partition coefficient (Wildman–Crippen LogP) is 3.44. The van der Waals surface area contributed by atoms with E-state index in [-0.39, 0.29) is 0 Å². The maximum atomic E-state index is 10.4. The monoisotopic (exact) mass is 238 g/mol. The topological polar surface area (TPSA) is 17.1 Å². The molecule has 2 heteroatoms. The number of hydrogen-bond acceptors (Lipinski definition) is 1. The van der Waals surface area contributed by atoms with Crippen molar-refractivity contribution in [1.82, 2.24) is 0 Å². The van der Waals surface area contributed by atoms with Crippen LogP contribution in [0.4, 0.5) is 0 Å². The summed E-state index contributed by atoms with van der Waals surface area (Å²) in [6, 6.07) is 7.96. The van der Waals surface area contributed by atoms with E-state index in [2.05, 4.69) is 15.9 Å². The van der Waals surface area contributed by atoms with Crippen molar-refractivity contribution < 1.29 is 4.79 Å². The lowest BCUT2D eigenvalue weighted by atomic mass is 10.0. The summed E-state index contributed by atoms with van der Waals surface area (Å²) in [6.07, 6.45) is 3.38. The fourth-order valence-electron chi connectivity index (χ4n) is 1.16. The highest BCUT2D eigenvalue weighted by molar-refractivity contribution is 9.10. The Labute approximate surface area is 86.6 Å². The lowest BCUT2D eigenvalue weighted by molar-refractivity contribution is -0.107. The SMILES string of the molecule is CC=C(CC=O)c1ccc(Br)cc1. The van der Waals surface area contributed by atoms with Crippen molar-refractivity contribution in [3.05, 3.63) is 40.4 Å². The Hall–Kier alpha value is -0.890. The quantitative estimate of drug-likeness (QED) is 0.738. The maximum absolute atomic E-state index is 10.4. The van der Waals surface area contributed by atoms with Crippen LogP contribution >= 0.6 is 15.9 Å². The van der Waals surface area contributed by atoms with Crippen LogP contribution in [-0.4, -0.2) is 6.29 Å². The fraction of sp³-hybridized carbons (Fsp3) is 0.182. The van der Waals surface area contributed by atoms with Crippen LogP contribution in [0.3, 0.4) is 0 Å². The van der Waals surface area contributed by atoms with Crippen molar-refractivity contribution in [3.63, 3.8) is 0 Å². The van der Waals surface area contributed by atoms with Crippen LogP contribution in [-0.2, 0) is 4.79 Å². The Kier molecular flexibility index (Phi) is 3.90. The van der Waals surface area contributed by atoms with E-state index in [1.807, 2.05) is 37.3 Å². The largest absolute Gasteiger partial charge is 0.303 e. The van der Waals surface area contributed by atoms with Crippen molar-refractivity contribution in [3.8, 4) is 0 Å². The minimum absolute atomic E-state index is 0.484. The average molecular weight is 239 g/mol. The van der Waals surface area contributed by atoms with E-state index in [0.717, 1.165) is 21.9 Å². The van der Waals surface area contributed by atoms with E-state index in [1.165, 1.54) is 0 Å². The summed E-state index contributed by atoms with van der Waals surface area (Å²) in [5, 5.41) is 0. The van der Waals surface area contributed by atoms with Crippen LogP contribution in [0.5, 0.6) is 0 Å². The molecule has 1 aromatic rings. The summed E-state index contributed by atoms with van der Waals surface area (Å²) in [6.45, 7) is 1.95. The van der Waals surface area contributed by atoms with Crippen molar-refractivity contribution in [2.45, 2.75) is 13.3 Å². The van der Waals surface area contributed by atoms with E-state index in [0.29, 0.717) is 6.42 Å². The van der Waals surface area contributed by atoms with E-state index in [1.54, 1.807) is 0 Å². The van der Waals surface area contributed by atoms with E-state index < -0.39 is 0 Å². The molecule has 0 aliphatic heterocycles. The molecule has 0 atom stereocenters. The van der Waals surface area contributed by atoms with Crippen LogP contribution in [0, 0.1) is 0 Å². The van der Waals surface area contributed by atoms with E-state index in [4.69, 9.17) is 0 Å². The number of carbonyl (C=O) groups is 1. The van der Waals surface area contributed by atoms with Gasteiger partial charge in [-0.3, -0.25) is 0 Å². The molecule has 1 rings (SSSR count). The van der Waals surface area contributed by atoms with Gasteiger partial charge in [0, 0.05) is 10.9 Å². The summed E-state index contributed by atoms with van der Waals surface area (Å²) < 4.78 is 1.05. The molecule has 0 unspecified atom stereocenters. The van der Waals surface area contributed by atoms with Crippen LogP contribution in [0.1, 0.15) is 18.9 Å². The number of hydrogen-bond donors (Lipinski definition) is 0. The fourth-order valence-corrected chi connectivity index (χ4v) is 1.42. The molecule has 1 aromatic carbocycles. The molecule has 0 radical (unpaired) electrons. The normalized spacial score (nSPS) is 11.4. The van der Waals surface area contributed by atoms with Gasteiger partial charge in [-0.05, 0) is 30.2 Å². The Morgan fingerprint density at radius 3 is 2.46 bits per heavy atom. The van der Waals surface area contributed by atoms with Gasteiger partial charge in [0.25, 0.3) is 0 Å². The van der Waals surface area contributed by atoms with Gasteiger partial charge in [-0.15, -0.1) is 0 Å². The first kappa shape index (κ1) is 10.2. The van der Waals surface area contributed by atoms with Crippen molar-refractivity contribution in [2.75, 3.05) is 0 Å². The lowest BCUT2D eigenvalue weighted by Crippen LogP contribution is -1.84. The molecule has 0 bridgehead atoms. The number of carbonyl (C=O) groups excluding carboxylic acids is 1. The third-order valence-electron chi connectivity index (χ3n) is 1.87. The molecule has 0 aliphatic carbocycles. The van der Waals surface area contributed by atoms with Crippen molar-refractivity contribution in [1.29, 1.82) is 0 Å². The number of allylic oxidation sites excluding steroid dienone is 2. The Bertz CT molecular complexity index is 311. The van der Waals surface area contributed by atoms with Crippen LogP contribution in [0.2, 0.25) is 0 Å². The Balaban J connectivity index is 2.92. The third-order valence-corrected chi connectivity index (χ3v) is 2.40. The molecular formula is C11H11BrO. The molecule has 0 saturated heterocycles. The highest BCUT2D eigenvalue weighted by Crippen LogP contribution is 2.19. The number of halogens is 1. The predicted molar refractivity (Wildman–Crippen MR) is 58.5 cm³/mol. The van der Waals surface area contributed by atoms with Gasteiger partial charge >= 0.3 is 0 Å². The zero-order valence-electron chi connectivity index (χ0n) is 7.46. The molecule has 13 heavy (non-hydrogen) atoms. The van der Waals surface area contributed by atoms with Gasteiger partial charge in [-0.25, -0.2) is 0 Å². The van der Waals surface area contributed by atoms with Crippen molar-refractivity contribution in [2.24, 2.45) is 0 Å². The highest BCUT2D eigenvalue weighted by atomic mass is 79.9. The standard InChI is InChI=1S/C11H11BrO/c1-2-9(7-8-13)10-3-5-11(12)6-4-10/h2-6,8H,7H2,1H3. The zero-order chi connectivity index (χ0) is 9.68. The first-order chi connectivity index (χ1) is 6.27. The van der Waals surface area contributed by atoms with Crippen LogP contribution in [0.25, 0.3) is 5.57 Å². The second-order valence-corrected chi connectivity index (χ2v) is 3.61. The number of rotatable bonds is 3. The maximum Gasteiger partial charge on any atom is 0.124 e. The Morgan fingerprint density at radius 2 is 2.00 bits per heavy atom. The summed E-state index contributed by atoms with van der Waals surface area (Å²) >= 11 is 3.37. The van der Waals surface area contributed by atoms with Crippen LogP contribution < -0.4 is 0 Å². The van der Waals surface area contributed by atoms with Gasteiger partial charge in [0.2, 0.25) is 0 Å². The summed E-state index contributed by atoms with van der Waals surface area (Å²) in [5.41, 5.74) is 2.18. The first-order valence-electron chi connectivity index (χ1n) is 4.12. The lowest BCUT2D eigenvalue weighted by Gasteiger charge is -2.02. The Morgan fingerprint density at radius 1 is 1.38 bits per heavy atom. The molecule has 0 heterocycles. The molecule has 0 saturated carbocycles. The molecule has 0 aromatic heterocycles. The molecule has 0 amide bonds. The smallest absolute Gasteiger partial charge is 0.124 e. The van der Waals surface area contributed by atoms with Gasteiger partial charge in [-0.1, -0.05) is 34.1 Å². The molecule has 0 N–H and O–H groups in total. The first-order valence-corrected chi connectivity index (χ1v) is 4.92. The molecule has 1 nitrogen and oxygen atoms in total. The number of aldehydes is 1. The summed E-state index contributed by atoms with van der Waals surface area (Å²) in [7, 11) is 0. The van der Waals surface area contributed by atoms with Gasteiger partial charge in [-0.2, -0.15) is 0 Å². The molecule has 0 spiro atoms.